The van der Waals surface area contributed by atoms with Crippen LogP contribution < -0.4 is 5.32 Å². The van der Waals surface area contributed by atoms with Gasteiger partial charge in [-0.2, -0.15) is 0 Å². The fourth-order valence-corrected chi connectivity index (χ4v) is 7.37. The van der Waals surface area contributed by atoms with Crippen LogP contribution in [0.4, 0.5) is 0 Å². The summed E-state index contributed by atoms with van der Waals surface area (Å²) in [7, 11) is -2.66. The molecule has 0 aliphatic heterocycles. The summed E-state index contributed by atoms with van der Waals surface area (Å²) in [6.45, 7) is 4.20. The van der Waals surface area contributed by atoms with Crippen molar-refractivity contribution in [3.63, 3.8) is 0 Å². The highest BCUT2D eigenvalue weighted by Gasteiger charge is 2.26. The average Bonchev–Trinajstić information content (AvgIpc) is 3.21. The lowest BCUT2D eigenvalue weighted by Crippen LogP contribution is -2.29. The van der Waals surface area contributed by atoms with Gasteiger partial charge in [-0.3, -0.25) is 18.6 Å². The average molecular weight is 840 g/mol. The zero-order valence-corrected chi connectivity index (χ0v) is 38.6. The molecule has 0 aliphatic rings. The van der Waals surface area contributed by atoms with Crippen molar-refractivity contribution in [1.29, 1.82) is 0 Å². The van der Waals surface area contributed by atoms with E-state index >= 15 is 0 Å². The van der Waals surface area contributed by atoms with Crippen LogP contribution in [-0.2, 0) is 32.7 Å². The van der Waals surface area contributed by atoms with E-state index < -0.39 is 26.5 Å². The first-order valence-corrected chi connectivity index (χ1v) is 25.4. The van der Waals surface area contributed by atoms with E-state index in [2.05, 4.69) is 55.6 Å². The molecule has 0 saturated heterocycles. The molecule has 0 heterocycles. The topological polar surface area (TPSA) is 120 Å². The largest absolute Gasteiger partial charge is 0.472 e. The summed E-state index contributed by atoms with van der Waals surface area (Å²) in [5, 5.41) is 2.83. The van der Waals surface area contributed by atoms with Gasteiger partial charge in [0.25, 0.3) is 0 Å². The van der Waals surface area contributed by atoms with Crippen molar-refractivity contribution >= 4 is 19.8 Å². The number of hydrogen-bond donors (Lipinski definition) is 2. The normalized spacial score (nSPS) is 13.5. The molecule has 0 aromatic heterocycles. The number of carbonyl (C=O) groups excluding carboxylic acids is 2. The van der Waals surface area contributed by atoms with E-state index in [0.717, 1.165) is 51.4 Å². The molecule has 0 bridgehead atoms. The first-order valence-electron chi connectivity index (χ1n) is 23.9. The van der Waals surface area contributed by atoms with Crippen LogP contribution in [0.5, 0.6) is 0 Å². The predicted octanol–water partition coefficient (Wildman–Crippen LogP) is 14.0. The molecule has 0 radical (unpaired) electrons. The molecule has 58 heavy (non-hydrogen) atoms. The number of phosphoric ester groups is 1. The van der Waals surface area contributed by atoms with Crippen LogP contribution in [0.25, 0.3) is 0 Å². The van der Waals surface area contributed by atoms with Gasteiger partial charge in [0.2, 0.25) is 0 Å². The maximum atomic E-state index is 12.7. The lowest BCUT2D eigenvalue weighted by Gasteiger charge is -2.20. The van der Waals surface area contributed by atoms with Crippen LogP contribution in [0.3, 0.4) is 0 Å². The van der Waals surface area contributed by atoms with Crippen LogP contribution in [0.1, 0.15) is 219 Å². The Morgan fingerprint density at radius 1 is 0.534 bits per heavy atom. The molecular weight excluding hydrogens is 750 g/mol. The minimum atomic E-state index is -4.36. The Balaban J connectivity index is 4.18. The summed E-state index contributed by atoms with van der Waals surface area (Å²) in [4.78, 5) is 35.2. The van der Waals surface area contributed by atoms with Crippen molar-refractivity contribution in [3.8, 4) is 0 Å². The maximum Gasteiger partial charge on any atom is 0.472 e. The zero-order valence-electron chi connectivity index (χ0n) is 37.7. The molecule has 0 fully saturated rings. The molecule has 0 saturated carbocycles. The van der Waals surface area contributed by atoms with Gasteiger partial charge < -0.3 is 19.7 Å². The van der Waals surface area contributed by atoms with Crippen LogP contribution >= 0.6 is 7.82 Å². The van der Waals surface area contributed by atoms with Crippen molar-refractivity contribution in [2.75, 3.05) is 33.4 Å². The summed E-state index contributed by atoms with van der Waals surface area (Å²) in [5.74, 6) is -0.823. The Bertz CT molecular complexity index is 1050. The highest BCUT2D eigenvalue weighted by Crippen LogP contribution is 2.43. The molecule has 0 rings (SSSR count). The van der Waals surface area contributed by atoms with Crippen LogP contribution in [0.15, 0.2) is 36.5 Å². The number of allylic oxidation sites excluding steroid dienone is 6. The smallest absolute Gasteiger partial charge is 0.462 e. The Hall–Kier alpha value is -1.77. The van der Waals surface area contributed by atoms with Gasteiger partial charge in [-0.25, -0.2) is 4.57 Å². The Morgan fingerprint density at radius 3 is 1.41 bits per heavy atom. The Morgan fingerprint density at radius 2 is 0.931 bits per heavy atom. The summed E-state index contributed by atoms with van der Waals surface area (Å²) in [5.41, 5.74) is 0. The molecule has 0 aromatic carbocycles. The van der Waals surface area contributed by atoms with Gasteiger partial charge in [-0.1, -0.05) is 192 Å². The van der Waals surface area contributed by atoms with E-state index in [1.165, 1.54) is 128 Å². The first-order chi connectivity index (χ1) is 28.3. The highest BCUT2D eigenvalue weighted by atomic mass is 31.2. The van der Waals surface area contributed by atoms with Gasteiger partial charge in [0.1, 0.15) is 6.61 Å². The highest BCUT2D eigenvalue weighted by molar-refractivity contribution is 7.47. The van der Waals surface area contributed by atoms with Crippen LogP contribution in [-0.4, -0.2) is 56.3 Å². The van der Waals surface area contributed by atoms with E-state index in [9.17, 15) is 19.0 Å². The number of rotatable bonds is 45. The second-order valence-corrected chi connectivity index (χ2v) is 17.4. The van der Waals surface area contributed by atoms with Crippen molar-refractivity contribution in [3.05, 3.63) is 36.5 Å². The first kappa shape index (κ1) is 56.2. The van der Waals surface area contributed by atoms with Gasteiger partial charge in [0.05, 0.1) is 13.2 Å². The van der Waals surface area contributed by atoms with Crippen LogP contribution in [0, 0.1) is 0 Å². The van der Waals surface area contributed by atoms with E-state index in [4.69, 9.17) is 18.5 Å². The third-order valence-electron chi connectivity index (χ3n) is 10.3. The number of carbonyl (C=O) groups is 2. The molecule has 9 nitrogen and oxygen atoms in total. The zero-order chi connectivity index (χ0) is 42.5. The molecule has 10 heteroatoms. The SMILES string of the molecule is CCCCC/C=C\C/C=C\C/C=C\CCCCCCC(=O)OCC(COP(=O)(O)OCCNC)OC(=O)CCCCCCCCCCCCCCCCCCCCC. The second-order valence-electron chi connectivity index (χ2n) is 15.9. The second kappa shape index (κ2) is 44.8. The molecule has 340 valence electrons. The third kappa shape index (κ3) is 43.8. The number of phosphoric acid groups is 1. The van der Waals surface area contributed by atoms with Gasteiger partial charge in [-0.05, 0) is 58.4 Å². The van der Waals surface area contributed by atoms with Crippen molar-refractivity contribution in [1.82, 2.24) is 5.32 Å². The van der Waals surface area contributed by atoms with Crippen molar-refractivity contribution in [2.24, 2.45) is 0 Å². The monoisotopic (exact) mass is 840 g/mol. The maximum absolute atomic E-state index is 12.7. The standard InChI is InChI=1S/C48H90NO8P/c1-4-6-8-10-12-14-16-18-20-22-23-25-27-29-31-33-35-37-39-41-48(51)57-46(45-56-58(52,53)55-43-42-49-3)44-54-47(50)40-38-36-34-32-30-28-26-24-21-19-17-15-13-11-9-7-5-2/h13,15,19,21,26,28,46,49H,4-12,14,16-18,20,22-25,27,29-45H2,1-3H3,(H,52,53)/b15-13-,21-19-,28-26-. The lowest BCUT2D eigenvalue weighted by atomic mass is 10.0. The minimum Gasteiger partial charge on any atom is -0.462 e. The number of ether oxygens (including phenoxy) is 2. The fourth-order valence-electron chi connectivity index (χ4n) is 6.62. The number of unbranched alkanes of at least 4 members (excludes halogenated alkanes) is 25. The van der Waals surface area contributed by atoms with Gasteiger partial charge >= 0.3 is 19.8 Å². The predicted molar refractivity (Wildman–Crippen MR) is 243 cm³/mol. The lowest BCUT2D eigenvalue weighted by molar-refractivity contribution is -0.161. The number of likely N-dealkylation sites (N-methyl/N-ethyl adjacent to an activating group) is 1. The van der Waals surface area contributed by atoms with Crippen molar-refractivity contribution in [2.45, 2.75) is 225 Å². The molecule has 0 amide bonds. The Labute approximate surface area is 356 Å². The minimum absolute atomic E-state index is 0.0197. The van der Waals surface area contributed by atoms with Crippen LogP contribution in [0.2, 0.25) is 0 Å². The molecule has 0 aliphatic carbocycles. The number of hydrogen-bond acceptors (Lipinski definition) is 8. The number of esters is 2. The third-order valence-corrected chi connectivity index (χ3v) is 11.2. The summed E-state index contributed by atoms with van der Waals surface area (Å²) < 4.78 is 33.3. The fraction of sp³-hybridized carbons (Fsp3) is 0.833. The molecule has 2 unspecified atom stereocenters. The number of nitrogens with one attached hydrogen (secondary N) is 1. The van der Waals surface area contributed by atoms with Gasteiger partial charge in [-0.15, -0.1) is 0 Å². The van der Waals surface area contributed by atoms with Crippen molar-refractivity contribution < 1.29 is 37.6 Å². The molecule has 0 spiro atoms. The van der Waals surface area contributed by atoms with Gasteiger partial charge in [0.15, 0.2) is 6.10 Å². The van der Waals surface area contributed by atoms with E-state index in [1.807, 2.05) is 0 Å². The molecule has 0 aromatic rings. The van der Waals surface area contributed by atoms with E-state index in [0.29, 0.717) is 19.4 Å². The van der Waals surface area contributed by atoms with Gasteiger partial charge in [0, 0.05) is 19.4 Å². The molecule has 2 atom stereocenters. The summed E-state index contributed by atoms with van der Waals surface area (Å²) in [6.07, 6.45) is 49.0. The van der Waals surface area contributed by atoms with E-state index in [-0.39, 0.29) is 32.0 Å². The quantitative estimate of drug-likeness (QED) is 0.0267. The molecule has 2 N–H and O–H groups in total. The Kier molecular flexibility index (Phi) is 43.4. The van der Waals surface area contributed by atoms with E-state index in [1.54, 1.807) is 7.05 Å². The molecular formula is C48H90NO8P. The summed E-state index contributed by atoms with van der Waals surface area (Å²) >= 11 is 0. The summed E-state index contributed by atoms with van der Waals surface area (Å²) in [6, 6.07) is 0.